The molecule has 9 heteroatoms. The summed E-state index contributed by atoms with van der Waals surface area (Å²) >= 11 is 2.46. The normalized spacial score (nSPS) is 39.7. The van der Waals surface area contributed by atoms with Crippen LogP contribution in [0.4, 0.5) is 5.69 Å². The molecule has 0 saturated heterocycles. The van der Waals surface area contributed by atoms with Crippen molar-refractivity contribution in [2.45, 2.75) is 73.0 Å². The minimum absolute atomic E-state index is 0.00791. The Labute approximate surface area is 212 Å². The SMILES string of the molecule is C[C@]12CC[C@]3(N)c4ccc(N=O)cc4CC[C@@]3(N)C1CCC2[C@H](I)[C@H]1CC=C(CN=O)C(=O)O1. The van der Waals surface area contributed by atoms with Crippen molar-refractivity contribution in [3.05, 3.63) is 50.8 Å². The van der Waals surface area contributed by atoms with Crippen molar-refractivity contribution < 1.29 is 9.53 Å². The van der Waals surface area contributed by atoms with E-state index >= 15 is 0 Å². The molecule has 0 spiro atoms. The van der Waals surface area contributed by atoms with Gasteiger partial charge in [-0.25, -0.2) is 4.79 Å². The van der Waals surface area contributed by atoms with Gasteiger partial charge < -0.3 is 16.2 Å². The summed E-state index contributed by atoms with van der Waals surface area (Å²) in [6.07, 6.45) is 7.51. The predicted molar refractivity (Wildman–Crippen MR) is 138 cm³/mol. The minimum Gasteiger partial charge on any atom is -0.458 e. The lowest BCUT2D eigenvalue weighted by Gasteiger charge is -2.62. The summed E-state index contributed by atoms with van der Waals surface area (Å²) in [6, 6.07) is 5.57. The molecule has 8 nitrogen and oxygen atoms in total. The van der Waals surface area contributed by atoms with Crippen molar-refractivity contribution >= 4 is 34.2 Å². The fourth-order valence-corrected chi connectivity index (χ4v) is 9.28. The number of alkyl halides is 1. The molecule has 1 aromatic rings. The van der Waals surface area contributed by atoms with E-state index in [0.29, 0.717) is 23.6 Å². The van der Waals surface area contributed by atoms with Crippen molar-refractivity contribution in [2.24, 2.45) is 39.1 Å². The number of hydrogen-bond donors (Lipinski definition) is 2. The number of esters is 1. The molecule has 5 rings (SSSR count). The Morgan fingerprint density at radius 1 is 1.21 bits per heavy atom. The summed E-state index contributed by atoms with van der Waals surface area (Å²) in [7, 11) is 0. The molecular weight excluding hydrogens is 547 g/mol. The zero-order valence-corrected chi connectivity index (χ0v) is 21.5. The van der Waals surface area contributed by atoms with Crippen LogP contribution in [0.25, 0.3) is 0 Å². The van der Waals surface area contributed by atoms with Crippen LogP contribution >= 0.6 is 22.6 Å². The molecule has 1 aromatic carbocycles. The Hall–Kier alpha value is -1.72. The molecule has 0 amide bonds. The van der Waals surface area contributed by atoms with Crippen LogP contribution in [0, 0.1) is 27.1 Å². The Balaban J connectivity index is 1.42. The number of hydrogen-bond acceptors (Lipinski definition) is 8. The zero-order chi connectivity index (χ0) is 24.3. The molecule has 2 fully saturated rings. The molecule has 7 atom stereocenters. The maximum atomic E-state index is 12.4. The first-order chi connectivity index (χ1) is 16.2. The van der Waals surface area contributed by atoms with Crippen LogP contribution in [0.2, 0.25) is 0 Å². The molecule has 4 aliphatic rings. The first kappa shape index (κ1) is 24.0. The average molecular weight is 578 g/mol. The number of benzene rings is 1. The highest BCUT2D eigenvalue weighted by atomic mass is 127. The van der Waals surface area contributed by atoms with Gasteiger partial charge in [0.2, 0.25) is 0 Å². The van der Waals surface area contributed by atoms with E-state index in [9.17, 15) is 14.6 Å². The summed E-state index contributed by atoms with van der Waals surface area (Å²) in [5, 5.41) is 5.93. The molecule has 1 heterocycles. The number of halogens is 1. The Morgan fingerprint density at radius 2 is 2.00 bits per heavy atom. The van der Waals surface area contributed by atoms with Gasteiger partial charge in [-0.1, -0.05) is 46.8 Å². The second kappa shape index (κ2) is 8.44. The van der Waals surface area contributed by atoms with Crippen LogP contribution in [0.1, 0.15) is 56.6 Å². The number of nitrogens with two attached hydrogens (primary N) is 2. The Kier molecular flexibility index (Phi) is 5.96. The summed E-state index contributed by atoms with van der Waals surface area (Å²) in [4.78, 5) is 34.0. The molecule has 1 aliphatic heterocycles. The molecular formula is C25H31IN4O4. The van der Waals surface area contributed by atoms with E-state index in [1.807, 2.05) is 18.2 Å². The van der Waals surface area contributed by atoms with E-state index < -0.39 is 17.0 Å². The highest BCUT2D eigenvalue weighted by molar-refractivity contribution is 14.1. The molecule has 4 N–H and O–H groups in total. The molecule has 3 aliphatic carbocycles. The Morgan fingerprint density at radius 3 is 2.71 bits per heavy atom. The van der Waals surface area contributed by atoms with Crippen molar-refractivity contribution in [3.8, 4) is 0 Å². The topological polar surface area (TPSA) is 137 Å². The number of ether oxygens (including phenoxy) is 1. The molecule has 0 bridgehead atoms. The number of rotatable bonds is 5. The van der Waals surface area contributed by atoms with Crippen molar-refractivity contribution in [1.29, 1.82) is 0 Å². The minimum atomic E-state index is -0.640. The van der Waals surface area contributed by atoms with Gasteiger partial charge in [-0.05, 0) is 84.2 Å². The third kappa shape index (κ3) is 3.33. The standard InChI is InChI=1S/C25H31IN4O4/c1-23-10-11-24(27)17-4-3-16(30-33)12-14(17)8-9-25(24,28)20(23)7-5-18(23)21(26)19-6-2-15(13-29-32)22(31)34-19/h2-4,12,18-21H,5-11,13,27-28H2,1H3/t18?,19-,20?,21+,23-,24+,25-/m1/s1. The quantitative estimate of drug-likeness (QED) is 0.228. The van der Waals surface area contributed by atoms with Gasteiger partial charge in [-0.3, -0.25) is 0 Å². The zero-order valence-electron chi connectivity index (χ0n) is 19.3. The lowest BCUT2D eigenvalue weighted by molar-refractivity contribution is -0.146. The molecule has 34 heavy (non-hydrogen) atoms. The van der Waals surface area contributed by atoms with E-state index in [1.54, 1.807) is 6.07 Å². The van der Waals surface area contributed by atoms with E-state index in [2.05, 4.69) is 39.9 Å². The smallest absolute Gasteiger partial charge is 0.336 e. The fraction of sp³-hybridized carbons (Fsp3) is 0.640. The van der Waals surface area contributed by atoms with E-state index in [-0.39, 0.29) is 27.9 Å². The van der Waals surface area contributed by atoms with E-state index in [1.165, 1.54) is 0 Å². The molecule has 2 saturated carbocycles. The number of nitrogens with zero attached hydrogens (tertiary/aromatic N) is 2. The third-order valence-electron chi connectivity index (χ3n) is 9.49. The molecule has 182 valence electrons. The lowest BCUT2D eigenvalue weighted by Crippen LogP contribution is -2.73. The Bertz CT molecular complexity index is 1080. The lowest BCUT2D eigenvalue weighted by atomic mass is 9.47. The number of carbonyl (C=O) groups excluding carboxylic acids is 1. The summed E-state index contributed by atoms with van der Waals surface area (Å²) in [5.41, 5.74) is 16.3. The van der Waals surface area contributed by atoms with Crippen LogP contribution < -0.4 is 11.5 Å². The number of fused-ring (bicyclic) bond motifs is 5. The summed E-state index contributed by atoms with van der Waals surface area (Å²) in [6.45, 7) is 2.22. The van der Waals surface area contributed by atoms with Gasteiger partial charge in [0.25, 0.3) is 0 Å². The monoisotopic (exact) mass is 578 g/mol. The van der Waals surface area contributed by atoms with Crippen LogP contribution in [0.3, 0.4) is 0 Å². The van der Waals surface area contributed by atoms with Crippen molar-refractivity contribution in [1.82, 2.24) is 0 Å². The first-order valence-corrected chi connectivity index (χ1v) is 13.3. The van der Waals surface area contributed by atoms with Crippen LogP contribution in [-0.4, -0.2) is 28.1 Å². The highest BCUT2D eigenvalue weighted by Crippen LogP contribution is 2.66. The molecule has 2 unspecified atom stereocenters. The van der Waals surface area contributed by atoms with Crippen LogP contribution in [0.5, 0.6) is 0 Å². The van der Waals surface area contributed by atoms with E-state index in [0.717, 1.165) is 49.7 Å². The third-order valence-corrected chi connectivity index (χ3v) is 11.2. The van der Waals surface area contributed by atoms with Crippen LogP contribution in [0.15, 0.2) is 40.2 Å². The van der Waals surface area contributed by atoms with Crippen molar-refractivity contribution in [3.63, 3.8) is 0 Å². The number of carbonyl (C=O) groups is 1. The number of cyclic esters (lactones) is 1. The van der Waals surface area contributed by atoms with Gasteiger partial charge in [0.15, 0.2) is 0 Å². The summed E-state index contributed by atoms with van der Waals surface area (Å²) < 4.78 is 5.91. The predicted octanol–water partition coefficient (Wildman–Crippen LogP) is 4.52. The first-order valence-electron chi connectivity index (χ1n) is 12.1. The summed E-state index contributed by atoms with van der Waals surface area (Å²) in [5.74, 6) is 0.177. The number of nitroso groups, excluding NO2 is 2. The van der Waals surface area contributed by atoms with Gasteiger partial charge in [0, 0.05) is 12.0 Å². The second-order valence-electron chi connectivity index (χ2n) is 10.8. The largest absolute Gasteiger partial charge is 0.458 e. The maximum Gasteiger partial charge on any atom is 0.336 e. The van der Waals surface area contributed by atoms with Gasteiger partial charge in [-0.15, -0.1) is 4.91 Å². The number of aryl methyl sites for hydroxylation is 1. The van der Waals surface area contributed by atoms with Crippen molar-refractivity contribution in [2.75, 3.05) is 6.54 Å². The maximum absolute atomic E-state index is 12.4. The molecule has 0 aromatic heterocycles. The average Bonchev–Trinajstić information content (AvgIpc) is 3.19. The van der Waals surface area contributed by atoms with Gasteiger partial charge >= 0.3 is 5.97 Å². The van der Waals surface area contributed by atoms with Gasteiger partial charge in [0.1, 0.15) is 18.3 Å². The highest BCUT2D eigenvalue weighted by Gasteiger charge is 2.66. The molecule has 0 radical (unpaired) electrons. The second-order valence-corrected chi connectivity index (χ2v) is 12.3. The fourth-order valence-electron chi connectivity index (χ4n) is 7.66. The van der Waals surface area contributed by atoms with Gasteiger partial charge in [-0.2, -0.15) is 4.91 Å². The van der Waals surface area contributed by atoms with E-state index in [4.69, 9.17) is 16.2 Å². The van der Waals surface area contributed by atoms with Crippen LogP contribution in [-0.2, 0) is 21.5 Å². The van der Waals surface area contributed by atoms with Gasteiger partial charge in [0.05, 0.1) is 15.0 Å².